The van der Waals surface area contributed by atoms with Crippen molar-refractivity contribution in [1.82, 2.24) is 5.32 Å². The van der Waals surface area contributed by atoms with Crippen molar-refractivity contribution in [3.63, 3.8) is 0 Å². The smallest absolute Gasteiger partial charge is 0.259 e. The van der Waals surface area contributed by atoms with Crippen molar-refractivity contribution < 1.29 is 19.1 Å². The Morgan fingerprint density at radius 1 is 1.19 bits per heavy atom. The molecule has 1 fully saturated rings. The molecule has 1 aliphatic rings. The number of hydrogen-bond acceptors (Lipinski definition) is 4. The molecule has 0 aliphatic carbocycles. The Morgan fingerprint density at radius 3 is 2.63 bits per heavy atom. The van der Waals surface area contributed by atoms with Gasteiger partial charge in [-0.15, -0.1) is 0 Å². The van der Waals surface area contributed by atoms with Gasteiger partial charge in [0.25, 0.3) is 11.8 Å². The van der Waals surface area contributed by atoms with Gasteiger partial charge in [0, 0.05) is 28.9 Å². The highest BCUT2D eigenvalue weighted by molar-refractivity contribution is 9.10. The minimum atomic E-state index is -0.288. The quantitative estimate of drug-likeness (QED) is 0.730. The highest BCUT2D eigenvalue weighted by Gasteiger charge is 2.17. The van der Waals surface area contributed by atoms with Crippen molar-refractivity contribution in [3.05, 3.63) is 58.1 Å². The molecule has 2 N–H and O–H groups in total. The molecule has 1 aliphatic heterocycles. The van der Waals surface area contributed by atoms with Gasteiger partial charge in [0.15, 0.2) is 0 Å². The van der Waals surface area contributed by atoms with Crippen LogP contribution in [-0.4, -0.2) is 38.2 Å². The van der Waals surface area contributed by atoms with E-state index in [2.05, 4.69) is 26.6 Å². The highest BCUT2D eigenvalue weighted by atomic mass is 79.9. The maximum Gasteiger partial charge on any atom is 0.259 e. The van der Waals surface area contributed by atoms with Crippen LogP contribution in [-0.2, 0) is 4.74 Å². The second kappa shape index (κ2) is 9.01. The van der Waals surface area contributed by atoms with Gasteiger partial charge in [-0.1, -0.05) is 15.9 Å². The number of methoxy groups -OCH3 is 1. The Morgan fingerprint density at radius 2 is 1.96 bits per heavy atom. The van der Waals surface area contributed by atoms with Gasteiger partial charge >= 0.3 is 0 Å². The van der Waals surface area contributed by atoms with E-state index in [1.807, 2.05) is 0 Å². The topological polar surface area (TPSA) is 76.7 Å². The Balaban J connectivity index is 1.61. The molecule has 0 bridgehead atoms. The molecule has 2 aromatic rings. The van der Waals surface area contributed by atoms with Crippen LogP contribution in [0.15, 0.2) is 46.9 Å². The summed E-state index contributed by atoms with van der Waals surface area (Å²) in [5.74, 6) is 0.0431. The lowest BCUT2D eigenvalue weighted by Crippen LogP contribution is -2.31. The number of rotatable bonds is 6. The van der Waals surface area contributed by atoms with E-state index in [0.29, 0.717) is 29.1 Å². The number of nitrogens with one attached hydrogen (secondary N) is 2. The fraction of sp³-hybridized carbons (Fsp3) is 0.300. The zero-order valence-electron chi connectivity index (χ0n) is 15.0. The maximum atomic E-state index is 12.5. The molecule has 7 heteroatoms. The molecule has 1 heterocycles. The molecule has 0 radical (unpaired) electrons. The third kappa shape index (κ3) is 5.08. The van der Waals surface area contributed by atoms with Crippen LogP contribution in [0.2, 0.25) is 0 Å². The van der Waals surface area contributed by atoms with Crippen molar-refractivity contribution in [2.75, 3.05) is 25.6 Å². The van der Waals surface area contributed by atoms with Gasteiger partial charge in [0.1, 0.15) is 5.75 Å². The van der Waals surface area contributed by atoms with Crippen LogP contribution in [0, 0.1) is 0 Å². The number of hydrogen-bond donors (Lipinski definition) is 2. The van der Waals surface area contributed by atoms with Gasteiger partial charge in [-0.25, -0.2) is 0 Å². The summed E-state index contributed by atoms with van der Waals surface area (Å²) in [7, 11) is 1.52. The summed E-state index contributed by atoms with van der Waals surface area (Å²) in [5.41, 5.74) is 1.55. The largest absolute Gasteiger partial charge is 0.496 e. The zero-order chi connectivity index (χ0) is 19.2. The van der Waals surface area contributed by atoms with Crippen LogP contribution < -0.4 is 15.4 Å². The van der Waals surface area contributed by atoms with Crippen molar-refractivity contribution >= 4 is 33.4 Å². The monoisotopic (exact) mass is 432 g/mol. The van der Waals surface area contributed by atoms with E-state index in [1.54, 1.807) is 42.5 Å². The van der Waals surface area contributed by atoms with Crippen molar-refractivity contribution in [2.45, 2.75) is 18.9 Å². The molecule has 0 saturated carbocycles. The molecule has 6 nitrogen and oxygen atoms in total. The number of carbonyl (C=O) groups is 2. The first-order chi connectivity index (χ1) is 13.1. The predicted molar refractivity (Wildman–Crippen MR) is 106 cm³/mol. The molecule has 0 spiro atoms. The number of ether oxygens (including phenoxy) is 2. The minimum Gasteiger partial charge on any atom is -0.496 e. The Kier molecular flexibility index (Phi) is 6.47. The van der Waals surface area contributed by atoms with E-state index in [4.69, 9.17) is 9.47 Å². The van der Waals surface area contributed by atoms with E-state index in [1.165, 1.54) is 7.11 Å². The average Bonchev–Trinajstić information content (AvgIpc) is 3.20. The van der Waals surface area contributed by atoms with Gasteiger partial charge in [0.2, 0.25) is 0 Å². The second-order valence-corrected chi connectivity index (χ2v) is 7.14. The maximum absolute atomic E-state index is 12.5. The molecule has 1 saturated heterocycles. The lowest BCUT2D eigenvalue weighted by Gasteiger charge is -2.12. The van der Waals surface area contributed by atoms with Crippen LogP contribution in [0.1, 0.15) is 33.6 Å². The molecular formula is C20H21BrN2O4. The van der Waals surface area contributed by atoms with Crippen LogP contribution in [0.3, 0.4) is 0 Å². The summed E-state index contributed by atoms with van der Waals surface area (Å²) in [6.45, 7) is 1.28. The van der Waals surface area contributed by atoms with Gasteiger partial charge in [-0.2, -0.15) is 0 Å². The van der Waals surface area contributed by atoms with E-state index < -0.39 is 0 Å². The van der Waals surface area contributed by atoms with Gasteiger partial charge < -0.3 is 20.1 Å². The second-order valence-electron chi connectivity index (χ2n) is 6.22. The van der Waals surface area contributed by atoms with E-state index in [-0.39, 0.29) is 17.9 Å². The molecule has 3 rings (SSSR count). The van der Waals surface area contributed by atoms with Crippen LogP contribution >= 0.6 is 15.9 Å². The minimum absolute atomic E-state index is 0.104. The normalized spacial score (nSPS) is 16.0. The Hall–Kier alpha value is -2.38. The van der Waals surface area contributed by atoms with E-state index >= 15 is 0 Å². The summed E-state index contributed by atoms with van der Waals surface area (Å²) < 4.78 is 11.5. The van der Waals surface area contributed by atoms with Crippen LogP contribution in [0.4, 0.5) is 5.69 Å². The fourth-order valence-corrected chi connectivity index (χ4v) is 3.24. The first kappa shape index (κ1) is 19.4. The van der Waals surface area contributed by atoms with Crippen LogP contribution in [0.5, 0.6) is 5.75 Å². The van der Waals surface area contributed by atoms with Crippen LogP contribution in [0.25, 0.3) is 0 Å². The van der Waals surface area contributed by atoms with Gasteiger partial charge in [-0.3, -0.25) is 9.59 Å². The Labute approximate surface area is 166 Å². The lowest BCUT2D eigenvalue weighted by atomic mass is 10.1. The summed E-state index contributed by atoms with van der Waals surface area (Å²) >= 11 is 3.35. The third-order valence-electron chi connectivity index (χ3n) is 4.33. The molecule has 2 amide bonds. The molecule has 1 unspecified atom stereocenters. The molecular weight excluding hydrogens is 412 g/mol. The molecule has 142 valence electrons. The van der Waals surface area contributed by atoms with Gasteiger partial charge in [0.05, 0.1) is 18.8 Å². The number of benzene rings is 2. The number of carbonyl (C=O) groups excluding carboxylic acids is 2. The van der Waals surface area contributed by atoms with Crippen molar-refractivity contribution in [3.8, 4) is 5.75 Å². The average molecular weight is 433 g/mol. The fourth-order valence-electron chi connectivity index (χ4n) is 2.87. The van der Waals surface area contributed by atoms with E-state index in [9.17, 15) is 9.59 Å². The first-order valence-electron chi connectivity index (χ1n) is 8.71. The predicted octanol–water partition coefficient (Wildman–Crippen LogP) is 3.62. The third-order valence-corrected chi connectivity index (χ3v) is 4.82. The number of anilines is 1. The Bertz CT molecular complexity index is 817. The summed E-state index contributed by atoms with van der Waals surface area (Å²) in [6, 6.07) is 12.0. The molecule has 1 atom stereocenters. The summed E-state index contributed by atoms with van der Waals surface area (Å²) in [6.07, 6.45) is 2.12. The molecule has 2 aromatic carbocycles. The van der Waals surface area contributed by atoms with Gasteiger partial charge in [-0.05, 0) is 55.3 Å². The molecule has 27 heavy (non-hydrogen) atoms. The molecule has 0 aromatic heterocycles. The first-order valence-corrected chi connectivity index (χ1v) is 9.51. The standard InChI is InChI=1S/C20H21BrN2O4/c1-26-18-9-6-14(21)11-17(18)20(25)23-15-7-4-13(5-8-15)19(24)22-12-16-3-2-10-27-16/h4-9,11,16H,2-3,10,12H2,1H3,(H,22,24)(H,23,25). The van der Waals surface area contributed by atoms with E-state index in [0.717, 1.165) is 23.9 Å². The summed E-state index contributed by atoms with van der Waals surface area (Å²) in [5, 5.41) is 5.69. The number of halogens is 1. The number of amides is 2. The van der Waals surface area contributed by atoms with Crippen molar-refractivity contribution in [1.29, 1.82) is 0 Å². The summed E-state index contributed by atoms with van der Waals surface area (Å²) in [4.78, 5) is 24.7. The zero-order valence-corrected chi connectivity index (χ0v) is 16.5. The van der Waals surface area contributed by atoms with Crippen molar-refractivity contribution in [2.24, 2.45) is 0 Å². The highest BCUT2D eigenvalue weighted by Crippen LogP contribution is 2.24. The lowest BCUT2D eigenvalue weighted by molar-refractivity contribution is 0.0857. The SMILES string of the molecule is COc1ccc(Br)cc1C(=O)Nc1ccc(C(=O)NCC2CCCO2)cc1.